The lowest BCUT2D eigenvalue weighted by atomic mass is 9.33. The van der Waals surface area contributed by atoms with Crippen LogP contribution in [0.4, 0.5) is 0 Å². The van der Waals surface area contributed by atoms with Crippen LogP contribution in [-0.4, -0.2) is 217 Å². The van der Waals surface area contributed by atoms with E-state index in [1.165, 1.54) is 12.5 Å². The molecule has 0 aromatic carbocycles. The largest absolute Gasteiger partial charge is 0.479 e. The Hall–Kier alpha value is -2.53. The normalized spacial score (nSPS) is 51.7. The molecule has 4 unspecified atom stereocenters. The Balaban J connectivity index is 0.998. The molecule has 0 amide bonds. The first-order valence-corrected chi connectivity index (χ1v) is 27.4. The molecular formula is C54H84O23. The number of hydrogen-bond donors (Lipinski definition) is 11. The predicted molar refractivity (Wildman–Crippen MR) is 261 cm³/mol. The maximum atomic E-state index is 13.6. The smallest absolute Gasteiger partial charge is 0.335 e. The van der Waals surface area contributed by atoms with E-state index in [1.54, 1.807) is 13.8 Å². The number of aliphatic hydroxyl groups is 10. The van der Waals surface area contributed by atoms with E-state index in [-0.39, 0.29) is 36.4 Å². The zero-order valence-electron chi connectivity index (χ0n) is 45.5. The third-order valence-corrected chi connectivity index (χ3v) is 21.3. The first-order valence-electron chi connectivity index (χ1n) is 27.4. The van der Waals surface area contributed by atoms with Crippen molar-refractivity contribution in [3.8, 4) is 0 Å². The Morgan fingerprint density at radius 1 is 0.753 bits per heavy atom. The van der Waals surface area contributed by atoms with Crippen molar-refractivity contribution in [2.45, 2.75) is 224 Å². The number of carboxylic acid groups (broad SMARTS) is 1. The van der Waals surface area contributed by atoms with Gasteiger partial charge < -0.3 is 98.8 Å². The molecule has 9 rings (SSSR count). The van der Waals surface area contributed by atoms with Crippen LogP contribution in [0.15, 0.2) is 11.6 Å². The van der Waals surface area contributed by atoms with E-state index in [2.05, 4.69) is 40.7 Å². The monoisotopic (exact) mass is 1100 g/mol. The standard InChI is InChI=1S/C54H84O23/c1-22(23(2)71-24(3)57)45(68)70-21-54-26-16-49(4,5)43(42(54)65)73-32(54)17-53(9)25(26)10-11-30-50(6)14-13-31(51(7,20-56)29(50)12-15-52(30,53)8)74-48-40(76-46-36(62)33(59)27(58)19-69-46)38(64)39(41(77-48)44(66)67)75-47-37(63)35(61)34(60)28(18-55)72-47/h10,22-23,26-43,46-48,55-56,58-65H,11-21H2,1-9H3,(H,66,67)/t22?,23?,26-,27+,28+,29+,30+,31?,32+,33-,34+,35-,36+,37+,38-,39-,40+,41-,42?,43+,46-,47-,48+,50-,51-,52+,53+,54-/m0/s1. The van der Waals surface area contributed by atoms with Crippen LogP contribution in [0.2, 0.25) is 0 Å². The van der Waals surface area contributed by atoms with Gasteiger partial charge in [0.05, 0.1) is 55.6 Å². The van der Waals surface area contributed by atoms with Gasteiger partial charge in [0, 0.05) is 12.3 Å². The highest BCUT2D eigenvalue weighted by Gasteiger charge is 2.76. The number of hydrogen-bond acceptors (Lipinski definition) is 22. The number of rotatable bonds is 14. The van der Waals surface area contributed by atoms with Crippen molar-refractivity contribution in [3.63, 3.8) is 0 Å². The Bertz CT molecular complexity index is 2230. The van der Waals surface area contributed by atoms with Gasteiger partial charge >= 0.3 is 17.9 Å². The molecule has 438 valence electrons. The van der Waals surface area contributed by atoms with Gasteiger partial charge in [0.2, 0.25) is 0 Å². The molecule has 0 aromatic rings. The summed E-state index contributed by atoms with van der Waals surface area (Å²) in [6.07, 6.45) is -22.8. The number of aliphatic carboxylic acids is 1. The Morgan fingerprint density at radius 2 is 1.43 bits per heavy atom. The highest BCUT2D eigenvalue weighted by molar-refractivity contribution is 5.74. The molecule has 11 N–H and O–H groups in total. The minimum atomic E-state index is -2.09. The van der Waals surface area contributed by atoms with Crippen LogP contribution in [0.3, 0.4) is 0 Å². The molecule has 4 saturated carbocycles. The molecule has 23 nitrogen and oxygen atoms in total. The van der Waals surface area contributed by atoms with E-state index >= 15 is 0 Å². The molecule has 28 atom stereocenters. The van der Waals surface area contributed by atoms with E-state index in [4.69, 9.17) is 42.6 Å². The lowest BCUT2D eigenvalue weighted by Crippen LogP contribution is -2.69. The quantitative estimate of drug-likeness (QED) is 0.0588. The van der Waals surface area contributed by atoms with E-state index in [9.17, 15) is 70.6 Å². The molecule has 4 saturated heterocycles. The lowest BCUT2D eigenvalue weighted by molar-refractivity contribution is -0.387. The topological polar surface area (TPSA) is 357 Å². The van der Waals surface area contributed by atoms with Gasteiger partial charge in [0.15, 0.2) is 25.0 Å². The molecule has 4 aliphatic heterocycles. The number of aliphatic hydroxyl groups excluding tert-OH is 10. The average molecular weight is 1100 g/mol. The lowest BCUT2D eigenvalue weighted by Gasteiger charge is -2.71. The summed E-state index contributed by atoms with van der Waals surface area (Å²) in [4.78, 5) is 38.4. The molecular weight excluding hydrogens is 1020 g/mol. The van der Waals surface area contributed by atoms with Crippen molar-refractivity contribution >= 4 is 17.9 Å². The van der Waals surface area contributed by atoms with Crippen LogP contribution in [0.5, 0.6) is 0 Å². The summed E-state index contributed by atoms with van der Waals surface area (Å²) in [6, 6.07) is 0. The molecule has 8 fully saturated rings. The van der Waals surface area contributed by atoms with E-state index < -0.39 is 181 Å². The van der Waals surface area contributed by atoms with Crippen molar-refractivity contribution in [2.75, 3.05) is 26.4 Å². The summed E-state index contributed by atoms with van der Waals surface area (Å²) in [7, 11) is 0. The number of fused-ring (bicyclic) bond motifs is 7. The number of ether oxygens (including phenoxy) is 9. The number of carbonyl (C=O) groups is 3. The molecule has 2 bridgehead atoms. The molecule has 23 heteroatoms. The maximum absolute atomic E-state index is 13.6. The van der Waals surface area contributed by atoms with Gasteiger partial charge in [-0.05, 0) is 98.2 Å². The SMILES string of the molecule is CC(=O)OC(C)C(C)C(=O)OC[C@@]12C(O)[C@H]3O[C@@H]1C[C@]1(C)C(=CC[C@@H]4[C@@]5(C)CCC(O[C@@H]6O[C@H](C(=O)O)[C@@H](O[C@@H]7O[C@H](CO)[C@@H](O)[C@H](O)[C@H]7O)[C@H](O)[C@H]6O[C@@H]6OC[C@@H](O)[C@H](O)[C@H]6O)[C@@](C)(CO)[C@@H]5CC[C@]41C)[C@@H]2CC3(C)C. The highest BCUT2D eigenvalue weighted by atomic mass is 16.8. The van der Waals surface area contributed by atoms with Gasteiger partial charge in [-0.1, -0.05) is 53.2 Å². The van der Waals surface area contributed by atoms with Crippen LogP contribution >= 0.6 is 0 Å². The molecule has 0 spiro atoms. The maximum Gasteiger partial charge on any atom is 0.335 e. The minimum Gasteiger partial charge on any atom is -0.479 e. The minimum absolute atomic E-state index is 0.0482. The highest BCUT2D eigenvalue weighted by Crippen LogP contribution is 2.77. The van der Waals surface area contributed by atoms with Crippen LogP contribution in [0.1, 0.15) is 107 Å². The Labute approximate surface area is 448 Å². The zero-order chi connectivity index (χ0) is 56.4. The van der Waals surface area contributed by atoms with Crippen LogP contribution in [0, 0.1) is 56.2 Å². The molecule has 77 heavy (non-hydrogen) atoms. The summed E-state index contributed by atoms with van der Waals surface area (Å²) < 4.78 is 54.3. The van der Waals surface area contributed by atoms with Crippen LogP contribution in [0.25, 0.3) is 0 Å². The molecule has 4 heterocycles. The summed E-state index contributed by atoms with van der Waals surface area (Å²) in [6.45, 7) is 15.8. The van der Waals surface area contributed by atoms with Gasteiger partial charge in [0.1, 0.15) is 73.8 Å². The molecule has 5 aliphatic carbocycles. The van der Waals surface area contributed by atoms with Crippen molar-refractivity contribution in [3.05, 3.63) is 11.6 Å². The first-order chi connectivity index (χ1) is 36.0. The molecule has 9 aliphatic rings. The first kappa shape index (κ1) is 59.1. The second kappa shape index (κ2) is 21.0. The summed E-state index contributed by atoms with van der Waals surface area (Å²) in [5.41, 5.74) is -2.40. The zero-order valence-corrected chi connectivity index (χ0v) is 45.5. The third kappa shape index (κ3) is 9.25. The van der Waals surface area contributed by atoms with Crippen molar-refractivity contribution in [2.24, 2.45) is 56.2 Å². The second-order valence-corrected chi connectivity index (χ2v) is 25.8. The average Bonchev–Trinajstić information content (AvgIpc) is 3.95. The molecule has 0 aromatic heterocycles. The fourth-order valence-corrected chi connectivity index (χ4v) is 16.5. The van der Waals surface area contributed by atoms with E-state index in [0.29, 0.717) is 44.9 Å². The summed E-state index contributed by atoms with van der Waals surface area (Å²) in [5.74, 6) is -3.82. The molecule has 0 radical (unpaired) electrons. The van der Waals surface area contributed by atoms with E-state index in [0.717, 1.165) is 0 Å². The third-order valence-electron chi connectivity index (χ3n) is 21.3. The van der Waals surface area contributed by atoms with Crippen LogP contribution < -0.4 is 0 Å². The van der Waals surface area contributed by atoms with Crippen molar-refractivity contribution in [1.82, 2.24) is 0 Å². The number of carbonyl (C=O) groups excluding carboxylic acids is 2. The second-order valence-electron chi connectivity index (χ2n) is 25.8. The van der Waals surface area contributed by atoms with Crippen molar-refractivity contribution < 1.29 is 113 Å². The van der Waals surface area contributed by atoms with Gasteiger partial charge in [-0.15, -0.1) is 0 Å². The predicted octanol–water partition coefficient (Wildman–Crippen LogP) is -0.586. The Morgan fingerprint density at radius 3 is 2.08 bits per heavy atom. The number of allylic oxidation sites excluding steroid dienone is 2. The van der Waals surface area contributed by atoms with Gasteiger partial charge in [0.25, 0.3) is 0 Å². The van der Waals surface area contributed by atoms with Gasteiger partial charge in [-0.25, -0.2) is 4.79 Å². The Kier molecular flexibility index (Phi) is 16.1. The number of carboxylic acids is 1. The summed E-state index contributed by atoms with van der Waals surface area (Å²) >= 11 is 0. The fraction of sp³-hybridized carbons (Fsp3) is 0.907. The summed E-state index contributed by atoms with van der Waals surface area (Å²) in [5, 5.41) is 120. The van der Waals surface area contributed by atoms with E-state index in [1.807, 2.05) is 6.92 Å². The number of esters is 2. The van der Waals surface area contributed by atoms with Crippen molar-refractivity contribution in [1.29, 1.82) is 0 Å². The fourth-order valence-electron chi connectivity index (χ4n) is 16.5. The van der Waals surface area contributed by atoms with Gasteiger partial charge in [-0.3, -0.25) is 9.59 Å². The van der Waals surface area contributed by atoms with Gasteiger partial charge in [-0.2, -0.15) is 0 Å². The van der Waals surface area contributed by atoms with Crippen LogP contribution in [-0.2, 0) is 57.0 Å².